The number of hydrogen-bond acceptors (Lipinski definition) is 3. The van der Waals surface area contributed by atoms with Crippen LogP contribution in [0.4, 0.5) is 0 Å². The second-order valence-electron chi connectivity index (χ2n) is 6.28. The largest absolute Gasteiger partial charge is 0.356 e. The Morgan fingerprint density at radius 3 is 2.55 bits per heavy atom. The molecule has 2 fully saturated rings. The zero-order chi connectivity index (χ0) is 13.0. The van der Waals surface area contributed by atoms with E-state index >= 15 is 0 Å². The van der Waals surface area contributed by atoms with Gasteiger partial charge in [-0.1, -0.05) is 0 Å². The lowest BCUT2D eigenvalue weighted by Crippen LogP contribution is -2.41. The Morgan fingerprint density at radius 1 is 1.35 bits per heavy atom. The molecule has 2 N–H and O–H groups in total. The fourth-order valence-electron chi connectivity index (χ4n) is 2.96. The number of carbonyl (C=O) groups excluding carboxylic acids is 1. The van der Waals surface area contributed by atoms with Gasteiger partial charge in [0.15, 0.2) is 0 Å². The smallest absolute Gasteiger partial charge is 0.227 e. The molecule has 0 aromatic heterocycles. The van der Waals surface area contributed by atoms with Crippen molar-refractivity contribution in [2.24, 2.45) is 11.3 Å². The molecule has 0 aromatic carbocycles. The Morgan fingerprint density at radius 2 is 2.00 bits per heavy atom. The average molecular weight is 326 g/mol. The first kappa shape index (κ1) is 20.0. The molecule has 2 aliphatic heterocycles. The maximum absolute atomic E-state index is 12.1. The predicted molar refractivity (Wildman–Crippen MR) is 87.9 cm³/mol. The van der Waals surface area contributed by atoms with Crippen LogP contribution in [0, 0.1) is 11.3 Å². The fourth-order valence-corrected chi connectivity index (χ4v) is 2.96. The summed E-state index contributed by atoms with van der Waals surface area (Å²) in [5.41, 5.74) is -0.174. The minimum atomic E-state index is -0.174. The van der Waals surface area contributed by atoms with Crippen molar-refractivity contribution in [1.29, 1.82) is 0 Å². The Hall–Kier alpha value is -0.0300. The first-order valence-electron chi connectivity index (χ1n) is 7.28. The lowest BCUT2D eigenvalue weighted by atomic mass is 9.88. The molecule has 0 spiro atoms. The number of rotatable bonds is 4. The van der Waals surface area contributed by atoms with Gasteiger partial charge in [0.25, 0.3) is 0 Å². The van der Waals surface area contributed by atoms with Gasteiger partial charge < -0.3 is 15.5 Å². The van der Waals surface area contributed by atoms with E-state index in [9.17, 15) is 4.79 Å². The average Bonchev–Trinajstić information content (AvgIpc) is 2.80. The van der Waals surface area contributed by atoms with E-state index < -0.39 is 0 Å². The molecule has 1 atom stereocenters. The molecule has 2 aliphatic rings. The van der Waals surface area contributed by atoms with Crippen molar-refractivity contribution in [3.05, 3.63) is 0 Å². The number of piperidine rings is 1. The summed E-state index contributed by atoms with van der Waals surface area (Å²) in [4.78, 5) is 14.5. The predicted octanol–water partition coefficient (Wildman–Crippen LogP) is 1.68. The summed E-state index contributed by atoms with van der Waals surface area (Å²) in [5.74, 6) is 1.04. The third-order valence-electron chi connectivity index (χ3n) is 4.59. The number of hydrogen-bond donors (Lipinski definition) is 2. The van der Waals surface area contributed by atoms with Crippen molar-refractivity contribution in [1.82, 2.24) is 15.5 Å². The molecule has 6 heteroatoms. The topological polar surface area (TPSA) is 44.4 Å². The number of nitrogens with zero attached hydrogens (tertiary/aromatic N) is 1. The zero-order valence-electron chi connectivity index (χ0n) is 12.6. The van der Waals surface area contributed by atoms with Crippen LogP contribution in [-0.2, 0) is 4.79 Å². The van der Waals surface area contributed by atoms with Crippen molar-refractivity contribution in [3.63, 3.8) is 0 Å². The van der Waals surface area contributed by atoms with Gasteiger partial charge in [-0.25, -0.2) is 0 Å². The Balaban J connectivity index is 0.00000180. The maximum Gasteiger partial charge on any atom is 0.227 e. The van der Waals surface area contributed by atoms with Crippen LogP contribution in [0.15, 0.2) is 0 Å². The highest BCUT2D eigenvalue weighted by Gasteiger charge is 2.35. The van der Waals surface area contributed by atoms with E-state index in [1.54, 1.807) is 0 Å². The highest BCUT2D eigenvalue weighted by Crippen LogP contribution is 2.24. The summed E-state index contributed by atoms with van der Waals surface area (Å²) < 4.78 is 0. The van der Waals surface area contributed by atoms with Crippen LogP contribution in [0.1, 0.15) is 32.6 Å². The summed E-state index contributed by atoms with van der Waals surface area (Å²) in [6.07, 6.45) is 4.67. The molecule has 0 bridgehead atoms. The van der Waals surface area contributed by atoms with Crippen LogP contribution in [-0.4, -0.2) is 50.6 Å². The zero-order valence-corrected chi connectivity index (χ0v) is 14.2. The monoisotopic (exact) mass is 325 g/mol. The summed E-state index contributed by atoms with van der Waals surface area (Å²) in [6.45, 7) is 7.13. The Kier molecular flexibility index (Phi) is 9.07. The lowest BCUT2D eigenvalue weighted by Gasteiger charge is -2.29. The van der Waals surface area contributed by atoms with Gasteiger partial charge in [-0.2, -0.15) is 0 Å². The summed E-state index contributed by atoms with van der Waals surface area (Å²) in [7, 11) is 2.19. The first-order chi connectivity index (χ1) is 8.60. The van der Waals surface area contributed by atoms with Gasteiger partial charge in [0.05, 0.1) is 5.41 Å². The number of amides is 1. The maximum atomic E-state index is 12.1. The van der Waals surface area contributed by atoms with E-state index in [1.165, 1.54) is 25.9 Å². The minimum absolute atomic E-state index is 0. The molecular formula is C14H29Cl2N3O. The van der Waals surface area contributed by atoms with E-state index in [4.69, 9.17) is 0 Å². The molecule has 2 saturated heterocycles. The first-order valence-corrected chi connectivity index (χ1v) is 7.28. The third kappa shape index (κ3) is 5.40. The Bertz CT molecular complexity index is 288. The van der Waals surface area contributed by atoms with Crippen LogP contribution in [0.25, 0.3) is 0 Å². The molecule has 1 amide bonds. The molecular weight excluding hydrogens is 297 g/mol. The van der Waals surface area contributed by atoms with Gasteiger partial charge in [0.1, 0.15) is 0 Å². The molecule has 120 valence electrons. The number of carbonyl (C=O) groups is 1. The highest BCUT2D eigenvalue weighted by atomic mass is 35.5. The van der Waals surface area contributed by atoms with Crippen molar-refractivity contribution in [3.8, 4) is 0 Å². The van der Waals surface area contributed by atoms with Crippen molar-refractivity contribution in [2.45, 2.75) is 32.6 Å². The normalized spacial score (nSPS) is 27.5. The summed E-state index contributed by atoms with van der Waals surface area (Å²) >= 11 is 0. The molecule has 0 aliphatic carbocycles. The van der Waals surface area contributed by atoms with Gasteiger partial charge in [-0.15, -0.1) is 24.8 Å². The van der Waals surface area contributed by atoms with Crippen LogP contribution in [0.3, 0.4) is 0 Å². The van der Waals surface area contributed by atoms with Crippen molar-refractivity contribution < 1.29 is 4.79 Å². The quantitative estimate of drug-likeness (QED) is 0.826. The van der Waals surface area contributed by atoms with E-state index in [-0.39, 0.29) is 36.1 Å². The molecule has 0 saturated carbocycles. The molecule has 0 radical (unpaired) electrons. The van der Waals surface area contributed by atoms with Crippen LogP contribution in [0.5, 0.6) is 0 Å². The third-order valence-corrected chi connectivity index (χ3v) is 4.59. The van der Waals surface area contributed by atoms with Crippen molar-refractivity contribution in [2.75, 3.05) is 39.8 Å². The fraction of sp³-hybridized carbons (Fsp3) is 0.929. The van der Waals surface area contributed by atoms with E-state index in [0.29, 0.717) is 0 Å². The lowest BCUT2D eigenvalue weighted by molar-refractivity contribution is -0.129. The number of halogens is 2. The van der Waals surface area contributed by atoms with E-state index in [2.05, 4.69) is 29.5 Å². The second-order valence-corrected chi connectivity index (χ2v) is 6.28. The van der Waals surface area contributed by atoms with E-state index in [0.717, 1.165) is 38.4 Å². The molecule has 2 rings (SSSR count). The van der Waals surface area contributed by atoms with Gasteiger partial charge in [0.2, 0.25) is 5.91 Å². The second kappa shape index (κ2) is 9.08. The number of likely N-dealkylation sites (tertiary alicyclic amines) is 1. The minimum Gasteiger partial charge on any atom is -0.356 e. The molecule has 2 heterocycles. The van der Waals surface area contributed by atoms with Gasteiger partial charge in [-0.3, -0.25) is 4.79 Å². The van der Waals surface area contributed by atoms with Crippen molar-refractivity contribution >= 4 is 30.7 Å². The summed E-state index contributed by atoms with van der Waals surface area (Å²) in [5, 5.41) is 6.40. The van der Waals surface area contributed by atoms with Crippen LogP contribution >= 0.6 is 24.8 Å². The highest BCUT2D eigenvalue weighted by molar-refractivity contribution is 5.85. The van der Waals surface area contributed by atoms with E-state index in [1.807, 2.05) is 0 Å². The summed E-state index contributed by atoms with van der Waals surface area (Å²) in [6, 6.07) is 0. The molecule has 20 heavy (non-hydrogen) atoms. The molecule has 4 nitrogen and oxygen atoms in total. The molecule has 1 unspecified atom stereocenters. The number of nitrogens with one attached hydrogen (secondary N) is 2. The van der Waals surface area contributed by atoms with Gasteiger partial charge in [0, 0.05) is 13.1 Å². The van der Waals surface area contributed by atoms with Crippen LogP contribution < -0.4 is 10.6 Å². The molecule has 0 aromatic rings. The standard InChI is InChI=1S/C14H27N3O.2ClH/c1-14(6-8-15-11-14)13(18)16-7-3-12-4-9-17(2)10-5-12;;/h12,15H,3-11H2,1-2H3,(H,16,18);2*1H. The SMILES string of the molecule is CN1CCC(CCNC(=O)C2(C)CCNC2)CC1.Cl.Cl. The van der Waals surface area contributed by atoms with Crippen LogP contribution in [0.2, 0.25) is 0 Å². The Labute approximate surface area is 135 Å². The van der Waals surface area contributed by atoms with Gasteiger partial charge in [-0.05, 0) is 65.2 Å². The van der Waals surface area contributed by atoms with Gasteiger partial charge >= 0.3 is 0 Å².